The molecular formula is C26H33Cl2N3O6S. The highest BCUT2D eigenvalue weighted by atomic mass is 35.5. The molecule has 38 heavy (non-hydrogen) atoms. The van der Waals surface area contributed by atoms with Gasteiger partial charge in [0.25, 0.3) is 0 Å². The molecule has 3 rings (SSSR count). The molecule has 1 aliphatic heterocycles. The van der Waals surface area contributed by atoms with Gasteiger partial charge in [-0.05, 0) is 44.0 Å². The Kier molecular flexibility index (Phi) is 10.1. The van der Waals surface area contributed by atoms with Crippen LogP contribution in [0, 0.1) is 0 Å². The first-order valence-corrected chi connectivity index (χ1v) is 15.0. The van der Waals surface area contributed by atoms with E-state index in [-0.39, 0.29) is 24.2 Å². The maximum atomic E-state index is 13.8. The summed E-state index contributed by atoms with van der Waals surface area (Å²) in [7, 11) is -3.90. The fraction of sp³-hybridized carbons (Fsp3) is 0.462. The number of anilines is 1. The Hall–Kier alpha value is -2.69. The van der Waals surface area contributed by atoms with Crippen LogP contribution in [0.25, 0.3) is 0 Å². The van der Waals surface area contributed by atoms with E-state index in [1.807, 2.05) is 13.8 Å². The third-order valence-electron chi connectivity index (χ3n) is 6.27. The summed E-state index contributed by atoms with van der Waals surface area (Å²) in [6.07, 6.45) is 2.01. The number of nitrogens with zero attached hydrogens (tertiary/aromatic N) is 2. The first-order chi connectivity index (χ1) is 18.0. The molecule has 9 nitrogen and oxygen atoms in total. The average Bonchev–Trinajstić information content (AvgIpc) is 2.87. The van der Waals surface area contributed by atoms with Gasteiger partial charge < -0.3 is 19.7 Å². The van der Waals surface area contributed by atoms with Gasteiger partial charge in [-0.1, -0.05) is 43.1 Å². The standard InChI is InChI=1S/C26H33Cl2N3O6S/c1-5-17(3)29-26(33)22(6-2)30(15-19-20(27)8-7-9-21(19)28)25(32)16-31(38(4,34)35)18-10-11-23-24(14-18)37-13-12-36-23/h7-11,14,17,22H,5-6,12-13,15-16H2,1-4H3,(H,29,33)/t17-,22+/m1/s1. The minimum atomic E-state index is -3.90. The van der Waals surface area contributed by atoms with Crippen molar-refractivity contribution in [3.8, 4) is 11.5 Å². The number of halogens is 2. The lowest BCUT2D eigenvalue weighted by atomic mass is 10.1. The van der Waals surface area contributed by atoms with E-state index in [2.05, 4.69) is 5.32 Å². The van der Waals surface area contributed by atoms with E-state index in [4.69, 9.17) is 32.7 Å². The SMILES string of the molecule is CC[C@@H](C)NC(=O)[C@H](CC)N(Cc1c(Cl)cccc1Cl)C(=O)CN(c1ccc2c(c1)OCCO2)S(C)(=O)=O. The molecule has 0 saturated carbocycles. The van der Waals surface area contributed by atoms with Gasteiger partial charge in [-0.3, -0.25) is 13.9 Å². The number of benzene rings is 2. The van der Waals surface area contributed by atoms with Crippen LogP contribution in [0.15, 0.2) is 36.4 Å². The maximum Gasteiger partial charge on any atom is 0.244 e. The fourth-order valence-corrected chi connectivity index (χ4v) is 5.37. The van der Waals surface area contributed by atoms with Crippen LogP contribution in [0.4, 0.5) is 5.69 Å². The van der Waals surface area contributed by atoms with Crippen LogP contribution in [0.3, 0.4) is 0 Å². The van der Waals surface area contributed by atoms with Gasteiger partial charge in [0, 0.05) is 34.3 Å². The highest BCUT2D eigenvalue weighted by molar-refractivity contribution is 7.92. The lowest BCUT2D eigenvalue weighted by Gasteiger charge is -2.34. The van der Waals surface area contributed by atoms with Crippen LogP contribution >= 0.6 is 23.2 Å². The summed E-state index contributed by atoms with van der Waals surface area (Å²) in [5.74, 6) is -0.0625. The molecule has 2 aromatic rings. The van der Waals surface area contributed by atoms with Crippen LogP contribution in [-0.4, -0.2) is 63.2 Å². The second kappa shape index (κ2) is 12.9. The van der Waals surface area contributed by atoms with Gasteiger partial charge in [-0.15, -0.1) is 0 Å². The van der Waals surface area contributed by atoms with Gasteiger partial charge in [0.05, 0.1) is 11.9 Å². The summed E-state index contributed by atoms with van der Waals surface area (Å²) in [6, 6.07) is 8.64. The molecule has 1 N–H and O–H groups in total. The Balaban J connectivity index is 2.00. The van der Waals surface area contributed by atoms with E-state index in [0.717, 1.165) is 10.6 Å². The molecular weight excluding hydrogens is 553 g/mol. The molecule has 1 aliphatic rings. The Morgan fingerprint density at radius 2 is 1.66 bits per heavy atom. The zero-order valence-electron chi connectivity index (χ0n) is 21.9. The van der Waals surface area contributed by atoms with Crippen molar-refractivity contribution >= 4 is 50.7 Å². The minimum absolute atomic E-state index is 0.0808. The molecule has 2 aromatic carbocycles. The van der Waals surface area contributed by atoms with Gasteiger partial charge in [0.1, 0.15) is 25.8 Å². The highest BCUT2D eigenvalue weighted by Gasteiger charge is 2.33. The van der Waals surface area contributed by atoms with E-state index >= 15 is 0 Å². The zero-order valence-corrected chi connectivity index (χ0v) is 24.2. The monoisotopic (exact) mass is 585 g/mol. The summed E-state index contributed by atoms with van der Waals surface area (Å²) in [4.78, 5) is 28.4. The maximum absolute atomic E-state index is 13.8. The first-order valence-electron chi connectivity index (χ1n) is 12.4. The Bertz CT molecular complexity index is 1250. The van der Waals surface area contributed by atoms with Crippen LogP contribution in [0.1, 0.15) is 39.2 Å². The van der Waals surface area contributed by atoms with Gasteiger partial charge in [0.15, 0.2) is 11.5 Å². The Morgan fingerprint density at radius 1 is 1.03 bits per heavy atom. The average molecular weight is 587 g/mol. The smallest absolute Gasteiger partial charge is 0.244 e. The minimum Gasteiger partial charge on any atom is -0.486 e. The number of carbonyl (C=O) groups is 2. The number of nitrogens with one attached hydrogen (secondary N) is 1. The van der Waals surface area contributed by atoms with Crippen molar-refractivity contribution in [2.24, 2.45) is 0 Å². The van der Waals surface area contributed by atoms with Crippen LogP contribution in [0.5, 0.6) is 11.5 Å². The largest absolute Gasteiger partial charge is 0.486 e. The normalized spacial score (nSPS) is 14.4. The van der Waals surface area contributed by atoms with Gasteiger partial charge in [-0.25, -0.2) is 8.42 Å². The number of hydrogen-bond acceptors (Lipinski definition) is 6. The van der Waals surface area contributed by atoms with Crippen LogP contribution in [-0.2, 0) is 26.2 Å². The number of sulfonamides is 1. The number of ether oxygens (including phenoxy) is 2. The van der Waals surface area contributed by atoms with Gasteiger partial charge in [0.2, 0.25) is 21.8 Å². The van der Waals surface area contributed by atoms with Crippen molar-refractivity contribution in [3.05, 3.63) is 52.0 Å². The molecule has 0 unspecified atom stereocenters. The summed E-state index contributed by atoms with van der Waals surface area (Å²) < 4.78 is 37.8. The van der Waals surface area contributed by atoms with Crippen molar-refractivity contribution < 1.29 is 27.5 Å². The molecule has 12 heteroatoms. The molecule has 2 amide bonds. The summed E-state index contributed by atoms with van der Waals surface area (Å²) in [6.45, 7) is 5.67. The summed E-state index contributed by atoms with van der Waals surface area (Å²) in [5.41, 5.74) is 0.696. The predicted molar refractivity (Wildman–Crippen MR) is 149 cm³/mol. The number of hydrogen-bond donors (Lipinski definition) is 1. The van der Waals surface area contributed by atoms with E-state index < -0.39 is 28.5 Å². The quantitative estimate of drug-likeness (QED) is 0.422. The van der Waals surface area contributed by atoms with Crippen molar-refractivity contribution in [1.29, 1.82) is 0 Å². The number of rotatable bonds is 11. The van der Waals surface area contributed by atoms with E-state index in [9.17, 15) is 18.0 Å². The zero-order chi connectivity index (χ0) is 28.0. The van der Waals surface area contributed by atoms with Gasteiger partial charge >= 0.3 is 0 Å². The topological polar surface area (TPSA) is 105 Å². The summed E-state index contributed by atoms with van der Waals surface area (Å²) in [5, 5.41) is 3.58. The van der Waals surface area contributed by atoms with Crippen LogP contribution in [0.2, 0.25) is 10.0 Å². The second-order valence-corrected chi connectivity index (χ2v) is 11.8. The molecule has 0 saturated heterocycles. The van der Waals surface area contributed by atoms with E-state index in [1.54, 1.807) is 37.3 Å². The fourth-order valence-electron chi connectivity index (χ4n) is 4.02. The third-order valence-corrected chi connectivity index (χ3v) is 8.12. The molecule has 2 atom stereocenters. The highest BCUT2D eigenvalue weighted by Crippen LogP contribution is 2.35. The lowest BCUT2D eigenvalue weighted by molar-refractivity contribution is -0.140. The van der Waals surface area contributed by atoms with E-state index in [0.29, 0.717) is 53.2 Å². The van der Waals surface area contributed by atoms with Gasteiger partial charge in [-0.2, -0.15) is 0 Å². The Morgan fingerprint density at radius 3 is 2.24 bits per heavy atom. The molecule has 0 bridgehead atoms. The van der Waals surface area contributed by atoms with Crippen molar-refractivity contribution in [2.75, 3.05) is 30.3 Å². The van der Waals surface area contributed by atoms with Crippen molar-refractivity contribution in [3.63, 3.8) is 0 Å². The molecule has 0 fully saturated rings. The summed E-state index contributed by atoms with van der Waals surface area (Å²) >= 11 is 12.8. The van der Waals surface area contributed by atoms with Crippen LogP contribution < -0.4 is 19.1 Å². The number of fused-ring (bicyclic) bond motifs is 1. The second-order valence-electron chi connectivity index (χ2n) is 9.06. The molecule has 0 aromatic heterocycles. The predicted octanol–water partition coefficient (Wildman–Crippen LogP) is 4.25. The number of carbonyl (C=O) groups excluding carboxylic acids is 2. The molecule has 0 spiro atoms. The lowest BCUT2D eigenvalue weighted by Crippen LogP contribution is -2.53. The molecule has 1 heterocycles. The van der Waals surface area contributed by atoms with Crippen molar-refractivity contribution in [2.45, 2.75) is 52.2 Å². The third kappa shape index (κ3) is 7.24. The van der Waals surface area contributed by atoms with Crippen molar-refractivity contribution in [1.82, 2.24) is 10.2 Å². The Labute approximate surface area is 234 Å². The number of amides is 2. The van der Waals surface area contributed by atoms with E-state index in [1.165, 1.54) is 11.0 Å². The molecule has 0 aliphatic carbocycles. The first kappa shape index (κ1) is 29.9. The molecule has 0 radical (unpaired) electrons. The molecule has 208 valence electrons.